The molecule has 0 aliphatic carbocycles. The fourth-order valence-corrected chi connectivity index (χ4v) is 2.76. The number of piperidine rings is 1. The quantitative estimate of drug-likeness (QED) is 0.920. The maximum absolute atomic E-state index is 6.01. The van der Waals surface area contributed by atoms with Crippen molar-refractivity contribution in [2.75, 3.05) is 18.0 Å². The van der Waals surface area contributed by atoms with Crippen molar-refractivity contribution in [2.24, 2.45) is 5.73 Å². The van der Waals surface area contributed by atoms with Gasteiger partial charge in [0.2, 0.25) is 0 Å². The van der Waals surface area contributed by atoms with Crippen LogP contribution in [0.5, 0.6) is 0 Å². The summed E-state index contributed by atoms with van der Waals surface area (Å²) >= 11 is 0. The maximum Gasteiger partial charge on any atom is 0.126 e. The van der Waals surface area contributed by atoms with Gasteiger partial charge in [0.1, 0.15) is 5.82 Å². The highest BCUT2D eigenvalue weighted by molar-refractivity contribution is 5.74. The highest BCUT2D eigenvalue weighted by Gasteiger charge is 2.20. The standard InChI is InChI=1S/C17H22N4/c1-12-3-5-14(6-4-12)17-16(11-19-13(2)20-17)21-9-7-15(18)8-10-21/h3-6,11,15H,7-10,18H2,1-2H3. The zero-order valence-corrected chi connectivity index (χ0v) is 12.7. The van der Waals surface area contributed by atoms with E-state index in [0.29, 0.717) is 6.04 Å². The van der Waals surface area contributed by atoms with Crippen molar-refractivity contribution in [1.29, 1.82) is 0 Å². The summed E-state index contributed by atoms with van der Waals surface area (Å²) in [7, 11) is 0. The highest BCUT2D eigenvalue weighted by Crippen LogP contribution is 2.30. The molecular weight excluding hydrogens is 260 g/mol. The molecule has 1 aliphatic rings. The summed E-state index contributed by atoms with van der Waals surface area (Å²) in [6.45, 7) is 5.99. The number of rotatable bonds is 2. The molecule has 2 N–H and O–H groups in total. The van der Waals surface area contributed by atoms with Gasteiger partial charge < -0.3 is 10.6 Å². The van der Waals surface area contributed by atoms with Gasteiger partial charge in [-0.1, -0.05) is 29.8 Å². The van der Waals surface area contributed by atoms with E-state index in [1.54, 1.807) is 0 Å². The normalized spacial score (nSPS) is 16.2. The molecule has 1 saturated heterocycles. The number of hydrogen-bond donors (Lipinski definition) is 1. The molecule has 2 heterocycles. The summed E-state index contributed by atoms with van der Waals surface area (Å²) in [5.74, 6) is 0.808. The molecule has 0 spiro atoms. The van der Waals surface area contributed by atoms with E-state index in [1.807, 2.05) is 13.1 Å². The van der Waals surface area contributed by atoms with Crippen LogP contribution in [0.25, 0.3) is 11.3 Å². The molecule has 4 nitrogen and oxygen atoms in total. The molecular formula is C17H22N4. The van der Waals surface area contributed by atoms with Crippen LogP contribution in [0.3, 0.4) is 0 Å². The van der Waals surface area contributed by atoms with Gasteiger partial charge in [0.25, 0.3) is 0 Å². The zero-order valence-electron chi connectivity index (χ0n) is 12.7. The van der Waals surface area contributed by atoms with Gasteiger partial charge in [-0.25, -0.2) is 9.97 Å². The highest BCUT2D eigenvalue weighted by atomic mass is 15.2. The fourth-order valence-electron chi connectivity index (χ4n) is 2.76. The monoisotopic (exact) mass is 282 g/mol. The predicted molar refractivity (Wildman–Crippen MR) is 86.4 cm³/mol. The lowest BCUT2D eigenvalue weighted by Gasteiger charge is -2.32. The Morgan fingerprint density at radius 1 is 1.10 bits per heavy atom. The molecule has 1 aromatic heterocycles. The van der Waals surface area contributed by atoms with E-state index in [1.165, 1.54) is 5.56 Å². The Balaban J connectivity index is 1.99. The molecule has 21 heavy (non-hydrogen) atoms. The Morgan fingerprint density at radius 3 is 2.43 bits per heavy atom. The van der Waals surface area contributed by atoms with Gasteiger partial charge in [0.15, 0.2) is 0 Å². The lowest BCUT2D eigenvalue weighted by Crippen LogP contribution is -2.40. The minimum absolute atomic E-state index is 0.329. The number of nitrogens with two attached hydrogens (primary N) is 1. The average molecular weight is 282 g/mol. The first-order chi connectivity index (χ1) is 10.1. The van der Waals surface area contributed by atoms with Crippen LogP contribution < -0.4 is 10.6 Å². The number of anilines is 1. The molecule has 110 valence electrons. The third-order valence-electron chi connectivity index (χ3n) is 4.10. The summed E-state index contributed by atoms with van der Waals surface area (Å²) < 4.78 is 0. The summed E-state index contributed by atoms with van der Waals surface area (Å²) in [5, 5.41) is 0. The van der Waals surface area contributed by atoms with E-state index < -0.39 is 0 Å². The van der Waals surface area contributed by atoms with Crippen molar-refractivity contribution in [3.63, 3.8) is 0 Å². The van der Waals surface area contributed by atoms with E-state index in [2.05, 4.69) is 46.1 Å². The summed E-state index contributed by atoms with van der Waals surface area (Å²) in [4.78, 5) is 11.4. The largest absolute Gasteiger partial charge is 0.368 e. The summed E-state index contributed by atoms with van der Waals surface area (Å²) in [6, 6.07) is 8.85. The van der Waals surface area contributed by atoms with Crippen molar-refractivity contribution in [1.82, 2.24) is 9.97 Å². The third-order valence-corrected chi connectivity index (χ3v) is 4.10. The van der Waals surface area contributed by atoms with Crippen LogP contribution in [0.2, 0.25) is 0 Å². The second-order valence-corrected chi connectivity index (χ2v) is 5.84. The lowest BCUT2D eigenvalue weighted by molar-refractivity contribution is 0.501. The molecule has 0 bridgehead atoms. The SMILES string of the molecule is Cc1ccc(-c2nc(C)ncc2N2CCC(N)CC2)cc1. The molecule has 0 atom stereocenters. The van der Waals surface area contributed by atoms with Crippen molar-refractivity contribution in [3.05, 3.63) is 41.9 Å². The van der Waals surface area contributed by atoms with Gasteiger partial charge >= 0.3 is 0 Å². The number of aromatic nitrogens is 2. The van der Waals surface area contributed by atoms with Crippen LogP contribution >= 0.6 is 0 Å². The molecule has 0 unspecified atom stereocenters. The van der Waals surface area contributed by atoms with Gasteiger partial charge in [-0.05, 0) is 26.7 Å². The molecule has 0 amide bonds. The lowest BCUT2D eigenvalue weighted by atomic mass is 10.0. The van der Waals surface area contributed by atoms with Crippen molar-refractivity contribution >= 4 is 5.69 Å². The third kappa shape index (κ3) is 3.05. The molecule has 4 heteroatoms. The zero-order chi connectivity index (χ0) is 14.8. The second-order valence-electron chi connectivity index (χ2n) is 5.84. The number of aryl methyl sites for hydroxylation is 2. The first-order valence-corrected chi connectivity index (χ1v) is 7.54. The molecule has 1 fully saturated rings. The number of hydrogen-bond acceptors (Lipinski definition) is 4. The van der Waals surface area contributed by atoms with Gasteiger partial charge in [0, 0.05) is 24.7 Å². The van der Waals surface area contributed by atoms with E-state index in [0.717, 1.165) is 48.7 Å². The second kappa shape index (κ2) is 5.82. The predicted octanol–water partition coefficient (Wildman–Crippen LogP) is 2.69. The van der Waals surface area contributed by atoms with Crippen LogP contribution in [0.4, 0.5) is 5.69 Å². The van der Waals surface area contributed by atoms with E-state index in [4.69, 9.17) is 5.73 Å². The van der Waals surface area contributed by atoms with Crippen LogP contribution in [0.15, 0.2) is 30.5 Å². The Hall–Kier alpha value is -1.94. The van der Waals surface area contributed by atoms with Crippen LogP contribution in [0, 0.1) is 13.8 Å². The van der Waals surface area contributed by atoms with E-state index in [-0.39, 0.29) is 0 Å². The van der Waals surface area contributed by atoms with Crippen molar-refractivity contribution in [3.8, 4) is 11.3 Å². The Kier molecular flexibility index (Phi) is 3.88. The Bertz CT molecular complexity index is 613. The fraction of sp³-hybridized carbons (Fsp3) is 0.412. The number of nitrogens with zero attached hydrogens (tertiary/aromatic N) is 3. The smallest absolute Gasteiger partial charge is 0.126 e. The van der Waals surface area contributed by atoms with E-state index >= 15 is 0 Å². The molecule has 3 rings (SSSR count). The summed E-state index contributed by atoms with van der Waals surface area (Å²) in [6.07, 6.45) is 4.01. The minimum Gasteiger partial charge on any atom is -0.368 e. The molecule has 1 aliphatic heterocycles. The van der Waals surface area contributed by atoms with Crippen LogP contribution in [0.1, 0.15) is 24.2 Å². The van der Waals surface area contributed by atoms with Gasteiger partial charge in [-0.15, -0.1) is 0 Å². The minimum atomic E-state index is 0.329. The van der Waals surface area contributed by atoms with Gasteiger partial charge in [-0.3, -0.25) is 0 Å². The summed E-state index contributed by atoms with van der Waals surface area (Å²) in [5.41, 5.74) is 10.6. The van der Waals surface area contributed by atoms with E-state index in [9.17, 15) is 0 Å². The average Bonchev–Trinajstić information content (AvgIpc) is 2.49. The first kappa shape index (κ1) is 14.0. The van der Waals surface area contributed by atoms with Crippen LogP contribution in [-0.2, 0) is 0 Å². The maximum atomic E-state index is 6.01. The molecule has 1 aromatic carbocycles. The first-order valence-electron chi connectivity index (χ1n) is 7.54. The van der Waals surface area contributed by atoms with Crippen molar-refractivity contribution < 1.29 is 0 Å². The molecule has 0 radical (unpaired) electrons. The number of benzene rings is 1. The molecule has 0 saturated carbocycles. The van der Waals surface area contributed by atoms with Crippen molar-refractivity contribution in [2.45, 2.75) is 32.7 Å². The van der Waals surface area contributed by atoms with Gasteiger partial charge in [0.05, 0.1) is 17.6 Å². The Labute approximate surface area is 126 Å². The van der Waals surface area contributed by atoms with Crippen LogP contribution in [-0.4, -0.2) is 29.1 Å². The topological polar surface area (TPSA) is 55.0 Å². The Morgan fingerprint density at radius 2 is 1.76 bits per heavy atom. The molecule has 2 aromatic rings. The van der Waals surface area contributed by atoms with Gasteiger partial charge in [-0.2, -0.15) is 0 Å².